The van der Waals surface area contributed by atoms with Crippen molar-refractivity contribution < 1.29 is 4.79 Å². The lowest BCUT2D eigenvalue weighted by molar-refractivity contribution is 0.262. The number of thiazole rings is 1. The number of aromatic nitrogens is 3. The van der Waals surface area contributed by atoms with Gasteiger partial charge in [-0.1, -0.05) is 0 Å². The molecule has 0 spiro atoms. The van der Waals surface area contributed by atoms with E-state index in [1.807, 2.05) is 13.8 Å². The molecular weight excluding hydrogens is 226 g/mol. The zero-order chi connectivity index (χ0) is 11.5. The van der Waals surface area contributed by atoms with Crippen molar-refractivity contribution in [1.29, 1.82) is 0 Å². The fourth-order valence-corrected chi connectivity index (χ4v) is 1.65. The molecule has 0 aliphatic heterocycles. The van der Waals surface area contributed by atoms with Crippen LogP contribution in [-0.4, -0.2) is 21.2 Å². The van der Waals surface area contributed by atoms with Gasteiger partial charge in [-0.05, 0) is 13.8 Å². The average molecular weight is 237 g/mol. The minimum atomic E-state index is -0.343. The van der Waals surface area contributed by atoms with Gasteiger partial charge in [0.15, 0.2) is 10.9 Å². The molecule has 2 heterocycles. The Morgan fingerprint density at radius 1 is 1.44 bits per heavy atom. The Bertz CT molecular complexity index is 490. The smallest absolute Gasteiger partial charge is 0.290 e. The molecule has 2 amide bonds. The van der Waals surface area contributed by atoms with E-state index in [2.05, 4.69) is 25.8 Å². The van der Waals surface area contributed by atoms with Crippen molar-refractivity contribution in [3.8, 4) is 0 Å². The third-order valence-corrected chi connectivity index (χ3v) is 2.83. The lowest BCUT2D eigenvalue weighted by Gasteiger charge is -2.02. The normalized spacial score (nSPS) is 10.1. The number of nitrogens with one attached hydrogen (secondary N) is 3. The number of anilines is 2. The molecule has 0 aromatic carbocycles. The van der Waals surface area contributed by atoms with Crippen LogP contribution in [0.25, 0.3) is 0 Å². The second kappa shape index (κ2) is 4.31. The van der Waals surface area contributed by atoms with Crippen LogP contribution in [0.5, 0.6) is 0 Å². The summed E-state index contributed by atoms with van der Waals surface area (Å²) in [6.07, 6.45) is 1.63. The van der Waals surface area contributed by atoms with Crippen LogP contribution >= 0.6 is 11.3 Å². The van der Waals surface area contributed by atoms with E-state index in [4.69, 9.17) is 0 Å². The van der Waals surface area contributed by atoms with Crippen molar-refractivity contribution in [1.82, 2.24) is 15.2 Å². The first-order valence-corrected chi connectivity index (χ1v) is 5.54. The molecule has 3 N–H and O–H groups in total. The molecule has 2 rings (SSSR count). The van der Waals surface area contributed by atoms with Crippen LogP contribution in [0.15, 0.2) is 11.6 Å². The van der Waals surface area contributed by atoms with Crippen LogP contribution in [0.4, 0.5) is 15.7 Å². The minimum Gasteiger partial charge on any atom is -0.290 e. The molecule has 0 aliphatic carbocycles. The summed E-state index contributed by atoms with van der Waals surface area (Å²) < 4.78 is 0. The van der Waals surface area contributed by atoms with E-state index < -0.39 is 0 Å². The fourth-order valence-electron chi connectivity index (χ4n) is 1.13. The van der Waals surface area contributed by atoms with Crippen molar-refractivity contribution in [3.05, 3.63) is 22.8 Å². The molecule has 0 radical (unpaired) electrons. The maximum atomic E-state index is 11.5. The maximum Gasteiger partial charge on any atom is 0.326 e. The van der Waals surface area contributed by atoms with Gasteiger partial charge >= 0.3 is 6.03 Å². The van der Waals surface area contributed by atoms with Crippen molar-refractivity contribution in [2.75, 3.05) is 10.6 Å². The van der Waals surface area contributed by atoms with Crippen LogP contribution in [0.2, 0.25) is 0 Å². The van der Waals surface area contributed by atoms with Gasteiger partial charge in [0.1, 0.15) is 0 Å². The Hall–Kier alpha value is -1.89. The molecular formula is C9H11N5OS. The van der Waals surface area contributed by atoms with E-state index >= 15 is 0 Å². The van der Waals surface area contributed by atoms with E-state index in [-0.39, 0.29) is 6.03 Å². The number of hydrogen-bond acceptors (Lipinski definition) is 4. The first-order valence-electron chi connectivity index (χ1n) is 4.66. The molecule has 0 bridgehead atoms. The van der Waals surface area contributed by atoms with Crippen molar-refractivity contribution >= 4 is 28.3 Å². The number of carbonyl (C=O) groups excluding carboxylic acids is 1. The molecule has 0 aliphatic rings. The van der Waals surface area contributed by atoms with Gasteiger partial charge in [-0.2, -0.15) is 5.10 Å². The highest BCUT2D eigenvalue weighted by Crippen LogP contribution is 2.15. The van der Waals surface area contributed by atoms with Gasteiger partial charge in [0.25, 0.3) is 0 Å². The Balaban J connectivity index is 2.00. The minimum absolute atomic E-state index is 0.343. The quantitative estimate of drug-likeness (QED) is 0.748. The molecule has 0 saturated heterocycles. The van der Waals surface area contributed by atoms with E-state index in [9.17, 15) is 4.79 Å². The molecule has 2 aromatic heterocycles. The van der Waals surface area contributed by atoms with Gasteiger partial charge < -0.3 is 0 Å². The third kappa shape index (κ3) is 2.19. The molecule has 0 fully saturated rings. The van der Waals surface area contributed by atoms with Gasteiger partial charge in [0.2, 0.25) is 0 Å². The molecule has 84 valence electrons. The Labute approximate surface area is 96.1 Å². The summed E-state index contributed by atoms with van der Waals surface area (Å²) >= 11 is 1.36. The Morgan fingerprint density at radius 3 is 2.81 bits per heavy atom. The number of rotatable bonds is 2. The van der Waals surface area contributed by atoms with Crippen LogP contribution in [-0.2, 0) is 0 Å². The number of urea groups is 1. The zero-order valence-corrected chi connectivity index (χ0v) is 9.68. The maximum absolute atomic E-state index is 11.5. The number of nitrogens with zero attached hydrogens (tertiary/aromatic N) is 2. The molecule has 16 heavy (non-hydrogen) atoms. The van der Waals surface area contributed by atoms with Crippen LogP contribution in [0.1, 0.15) is 11.3 Å². The number of hydrogen-bond donors (Lipinski definition) is 3. The van der Waals surface area contributed by atoms with Crippen LogP contribution in [0, 0.1) is 13.8 Å². The molecule has 6 nitrogen and oxygen atoms in total. The number of aryl methyl sites for hydroxylation is 1. The number of carbonyl (C=O) groups is 1. The van der Waals surface area contributed by atoms with E-state index in [0.717, 1.165) is 11.3 Å². The zero-order valence-electron chi connectivity index (χ0n) is 8.87. The third-order valence-electron chi connectivity index (χ3n) is 2.14. The van der Waals surface area contributed by atoms with E-state index in [1.54, 1.807) is 11.6 Å². The number of H-pyrrole nitrogens is 1. The lowest BCUT2D eigenvalue weighted by Crippen LogP contribution is -2.19. The molecule has 7 heteroatoms. The summed E-state index contributed by atoms with van der Waals surface area (Å²) in [5.74, 6) is 0.534. The van der Waals surface area contributed by atoms with E-state index in [1.165, 1.54) is 11.3 Å². The van der Waals surface area contributed by atoms with Crippen molar-refractivity contribution in [2.24, 2.45) is 0 Å². The van der Waals surface area contributed by atoms with Gasteiger partial charge in [0.05, 0.1) is 0 Å². The highest BCUT2D eigenvalue weighted by molar-refractivity contribution is 7.13. The summed E-state index contributed by atoms with van der Waals surface area (Å²) in [4.78, 5) is 15.5. The van der Waals surface area contributed by atoms with Crippen molar-refractivity contribution in [3.63, 3.8) is 0 Å². The Kier molecular flexibility index (Phi) is 2.86. The lowest BCUT2D eigenvalue weighted by atomic mass is 10.3. The molecule has 0 atom stereocenters. The van der Waals surface area contributed by atoms with Gasteiger partial charge in [-0.3, -0.25) is 15.7 Å². The monoisotopic (exact) mass is 237 g/mol. The first kappa shape index (κ1) is 10.6. The molecule has 2 aromatic rings. The SMILES string of the molecule is Cc1[nH]nc(NC(=O)Nc2nccs2)c1C. The van der Waals surface area contributed by atoms with Crippen molar-refractivity contribution in [2.45, 2.75) is 13.8 Å². The van der Waals surface area contributed by atoms with Gasteiger partial charge in [0, 0.05) is 22.8 Å². The second-order valence-corrected chi connectivity index (χ2v) is 4.13. The molecule has 0 saturated carbocycles. The van der Waals surface area contributed by atoms with Crippen LogP contribution in [0.3, 0.4) is 0 Å². The summed E-state index contributed by atoms with van der Waals surface area (Å²) in [6, 6.07) is -0.343. The summed E-state index contributed by atoms with van der Waals surface area (Å²) in [5.41, 5.74) is 1.86. The Morgan fingerprint density at radius 2 is 2.25 bits per heavy atom. The predicted molar refractivity (Wildman–Crippen MR) is 62.8 cm³/mol. The average Bonchev–Trinajstić information content (AvgIpc) is 2.83. The van der Waals surface area contributed by atoms with Gasteiger partial charge in [-0.15, -0.1) is 11.3 Å². The highest BCUT2D eigenvalue weighted by Gasteiger charge is 2.09. The van der Waals surface area contributed by atoms with Crippen LogP contribution < -0.4 is 10.6 Å². The fraction of sp³-hybridized carbons (Fsp3) is 0.222. The molecule has 0 unspecified atom stereocenters. The largest absolute Gasteiger partial charge is 0.326 e. The van der Waals surface area contributed by atoms with Gasteiger partial charge in [-0.25, -0.2) is 9.78 Å². The summed E-state index contributed by atoms with van der Waals surface area (Å²) in [5, 5.41) is 14.4. The number of amides is 2. The van der Waals surface area contributed by atoms with E-state index in [0.29, 0.717) is 10.9 Å². The predicted octanol–water partition coefficient (Wildman–Crippen LogP) is 2.13. The highest BCUT2D eigenvalue weighted by atomic mass is 32.1. The number of aromatic amines is 1. The topological polar surface area (TPSA) is 82.7 Å². The first-order chi connectivity index (χ1) is 7.66. The second-order valence-electron chi connectivity index (χ2n) is 3.24. The standard InChI is InChI=1S/C9H11N5OS/c1-5-6(2)13-14-7(5)11-8(15)12-9-10-3-4-16-9/h3-4H,1-2H3,(H3,10,11,12,13,14,15). The summed E-state index contributed by atoms with van der Waals surface area (Å²) in [6.45, 7) is 3.78. The summed E-state index contributed by atoms with van der Waals surface area (Å²) in [7, 11) is 0.